The lowest BCUT2D eigenvalue weighted by Crippen LogP contribution is -2.25. The minimum Gasteiger partial charge on any atom is -0.481 e. The number of allylic oxidation sites excluding steroid dienone is 3. The van der Waals surface area contributed by atoms with E-state index in [0.29, 0.717) is 11.8 Å². The van der Waals surface area contributed by atoms with Crippen LogP contribution in [0.5, 0.6) is 0 Å². The zero-order valence-corrected chi connectivity index (χ0v) is 16.6. The molecule has 0 spiro atoms. The van der Waals surface area contributed by atoms with E-state index in [1.807, 2.05) is 0 Å². The zero-order valence-electron chi connectivity index (χ0n) is 15.8. The smallest absolute Gasteiger partial charge is 0.303 e. The van der Waals surface area contributed by atoms with Gasteiger partial charge in [-0.25, -0.2) is 0 Å². The van der Waals surface area contributed by atoms with Gasteiger partial charge < -0.3 is 10.2 Å². The van der Waals surface area contributed by atoms with Gasteiger partial charge in [0.1, 0.15) is 0 Å². The fraction of sp³-hybridized carbons (Fsp3) is 0.773. The summed E-state index contributed by atoms with van der Waals surface area (Å²) in [5, 5.41) is 20.6. The summed E-state index contributed by atoms with van der Waals surface area (Å²) in [5.74, 6) is 1.31. The van der Waals surface area contributed by atoms with Gasteiger partial charge in [0.05, 0.1) is 6.10 Å². The third-order valence-corrected chi connectivity index (χ3v) is 8.26. The van der Waals surface area contributed by atoms with Crippen molar-refractivity contribution in [2.24, 2.45) is 17.8 Å². The molecule has 2 aliphatic heterocycles. The van der Waals surface area contributed by atoms with Gasteiger partial charge in [-0.2, -0.15) is 11.8 Å². The summed E-state index contributed by atoms with van der Waals surface area (Å²) in [5.41, 5.74) is 0. The molecule has 0 aromatic rings. The Bertz CT molecular complexity index is 510. The van der Waals surface area contributed by atoms with Gasteiger partial charge in [-0.05, 0) is 56.3 Å². The number of carbonyl (C=O) groups is 1. The Morgan fingerprint density at radius 3 is 2.65 bits per heavy atom. The first-order chi connectivity index (χ1) is 12.6. The molecule has 2 saturated heterocycles. The molecular formula is C22H34O3S. The fourth-order valence-electron chi connectivity index (χ4n) is 5.05. The Kier molecular flexibility index (Phi) is 7.68. The molecule has 2 bridgehead atoms. The molecule has 0 aromatic heterocycles. The highest BCUT2D eigenvalue weighted by Crippen LogP contribution is 2.54. The van der Waals surface area contributed by atoms with Gasteiger partial charge in [-0.3, -0.25) is 4.79 Å². The summed E-state index contributed by atoms with van der Waals surface area (Å²) >= 11 is 2.16. The molecule has 3 aliphatic rings. The molecule has 1 aliphatic carbocycles. The molecule has 26 heavy (non-hydrogen) atoms. The third-order valence-electron chi connectivity index (χ3n) is 6.43. The number of hydrogen-bond acceptors (Lipinski definition) is 3. The number of carboxylic acid groups (broad SMARTS) is 1. The van der Waals surface area contributed by atoms with Gasteiger partial charge in [-0.15, -0.1) is 0 Å². The quantitative estimate of drug-likeness (QED) is 0.405. The highest BCUT2D eigenvalue weighted by Gasteiger charge is 2.46. The van der Waals surface area contributed by atoms with E-state index in [0.717, 1.165) is 42.1 Å². The summed E-state index contributed by atoms with van der Waals surface area (Å²) in [6.07, 6.45) is 20.4. The lowest BCUT2D eigenvalue weighted by molar-refractivity contribution is -0.137. The van der Waals surface area contributed by atoms with Crippen LogP contribution in [0.3, 0.4) is 0 Å². The topological polar surface area (TPSA) is 57.5 Å². The summed E-state index contributed by atoms with van der Waals surface area (Å²) < 4.78 is 0. The molecule has 0 amide bonds. The molecule has 3 fully saturated rings. The molecule has 0 aromatic carbocycles. The van der Waals surface area contributed by atoms with E-state index in [2.05, 4.69) is 36.1 Å². The maximum Gasteiger partial charge on any atom is 0.303 e. The SMILES string of the molecule is O=C(O)CCCC=CC[C@H]1[C@@H](C=CC(O)CC2CCCC2)[C@H]2CC[C@@H]1S2. The highest BCUT2D eigenvalue weighted by molar-refractivity contribution is 8.01. The van der Waals surface area contributed by atoms with Crippen molar-refractivity contribution in [2.45, 2.75) is 87.2 Å². The lowest BCUT2D eigenvalue weighted by atomic mass is 9.77. The molecule has 5 atom stereocenters. The van der Waals surface area contributed by atoms with Gasteiger partial charge in [0, 0.05) is 16.9 Å². The lowest BCUT2D eigenvalue weighted by Gasteiger charge is -2.27. The van der Waals surface area contributed by atoms with Crippen molar-refractivity contribution >= 4 is 17.7 Å². The minimum absolute atomic E-state index is 0.262. The number of carboxylic acids is 1. The fourth-order valence-corrected chi connectivity index (χ4v) is 7.01. The average molecular weight is 379 g/mol. The van der Waals surface area contributed by atoms with E-state index in [4.69, 9.17) is 5.11 Å². The Morgan fingerprint density at radius 1 is 1.12 bits per heavy atom. The number of rotatable bonds is 10. The van der Waals surface area contributed by atoms with Crippen molar-refractivity contribution in [3.05, 3.63) is 24.3 Å². The number of aliphatic carboxylic acids is 1. The highest BCUT2D eigenvalue weighted by atomic mass is 32.2. The van der Waals surface area contributed by atoms with E-state index in [9.17, 15) is 9.90 Å². The van der Waals surface area contributed by atoms with Crippen LogP contribution in [0.2, 0.25) is 0 Å². The van der Waals surface area contributed by atoms with Crippen LogP contribution in [-0.2, 0) is 4.79 Å². The predicted molar refractivity (Wildman–Crippen MR) is 108 cm³/mol. The number of thioether (sulfide) groups is 1. The molecule has 2 N–H and O–H groups in total. The van der Waals surface area contributed by atoms with Crippen molar-refractivity contribution < 1.29 is 15.0 Å². The van der Waals surface area contributed by atoms with Crippen molar-refractivity contribution in [1.82, 2.24) is 0 Å². The van der Waals surface area contributed by atoms with Crippen molar-refractivity contribution in [3.63, 3.8) is 0 Å². The van der Waals surface area contributed by atoms with Crippen LogP contribution in [0.15, 0.2) is 24.3 Å². The van der Waals surface area contributed by atoms with Crippen LogP contribution in [0.25, 0.3) is 0 Å². The second-order valence-electron chi connectivity index (χ2n) is 8.36. The second kappa shape index (κ2) is 9.98. The van der Waals surface area contributed by atoms with Crippen LogP contribution in [-0.4, -0.2) is 32.8 Å². The average Bonchev–Trinajstić information content (AvgIpc) is 3.33. The number of fused-ring (bicyclic) bond motifs is 2. The largest absolute Gasteiger partial charge is 0.481 e. The Labute approximate surface area is 162 Å². The molecule has 3 nitrogen and oxygen atoms in total. The minimum atomic E-state index is -0.704. The van der Waals surface area contributed by atoms with E-state index >= 15 is 0 Å². The van der Waals surface area contributed by atoms with Crippen LogP contribution < -0.4 is 0 Å². The second-order valence-corrected chi connectivity index (χ2v) is 9.85. The Morgan fingerprint density at radius 2 is 1.88 bits per heavy atom. The maximum atomic E-state index is 10.6. The van der Waals surface area contributed by atoms with Crippen LogP contribution >= 0.6 is 11.8 Å². The van der Waals surface area contributed by atoms with Crippen molar-refractivity contribution in [3.8, 4) is 0 Å². The number of aliphatic hydroxyl groups excluding tert-OH is 1. The maximum absolute atomic E-state index is 10.6. The van der Waals surface area contributed by atoms with Gasteiger partial charge in [0.2, 0.25) is 0 Å². The Hall–Kier alpha value is -0.740. The van der Waals surface area contributed by atoms with Crippen molar-refractivity contribution in [1.29, 1.82) is 0 Å². The number of hydrogen-bond donors (Lipinski definition) is 2. The van der Waals surface area contributed by atoms with E-state index < -0.39 is 5.97 Å². The van der Waals surface area contributed by atoms with E-state index in [1.54, 1.807) is 0 Å². The first-order valence-corrected chi connectivity index (χ1v) is 11.5. The number of aliphatic hydroxyl groups is 1. The van der Waals surface area contributed by atoms with Gasteiger partial charge in [0.25, 0.3) is 0 Å². The van der Waals surface area contributed by atoms with Crippen LogP contribution in [0.4, 0.5) is 0 Å². The molecule has 0 radical (unpaired) electrons. The molecular weight excluding hydrogens is 344 g/mol. The number of unbranched alkanes of at least 4 members (excludes halogenated alkanes) is 1. The first-order valence-electron chi connectivity index (χ1n) is 10.5. The van der Waals surface area contributed by atoms with Crippen LogP contribution in [0.1, 0.15) is 70.6 Å². The van der Waals surface area contributed by atoms with Gasteiger partial charge >= 0.3 is 5.97 Å². The molecule has 2 heterocycles. The molecule has 4 heteroatoms. The normalized spacial score (nSPS) is 33.0. The van der Waals surface area contributed by atoms with Crippen LogP contribution in [0, 0.1) is 17.8 Å². The summed E-state index contributed by atoms with van der Waals surface area (Å²) in [6, 6.07) is 0. The van der Waals surface area contributed by atoms with E-state index in [-0.39, 0.29) is 12.5 Å². The summed E-state index contributed by atoms with van der Waals surface area (Å²) in [4.78, 5) is 10.6. The van der Waals surface area contributed by atoms with Gasteiger partial charge in [0.15, 0.2) is 0 Å². The predicted octanol–water partition coefficient (Wildman–Crippen LogP) is 5.20. The van der Waals surface area contributed by atoms with E-state index in [1.165, 1.54) is 38.5 Å². The van der Waals surface area contributed by atoms with Crippen molar-refractivity contribution in [2.75, 3.05) is 0 Å². The molecule has 3 rings (SSSR count). The zero-order chi connectivity index (χ0) is 18.4. The summed E-state index contributed by atoms with van der Waals surface area (Å²) in [6.45, 7) is 0. The molecule has 1 saturated carbocycles. The summed E-state index contributed by atoms with van der Waals surface area (Å²) in [7, 11) is 0. The third kappa shape index (κ3) is 5.63. The Balaban J connectivity index is 1.46. The molecule has 1 unspecified atom stereocenters. The first kappa shape index (κ1) is 20.0. The van der Waals surface area contributed by atoms with Gasteiger partial charge in [-0.1, -0.05) is 50.0 Å². The standard InChI is InChI=1S/C22H34O3S/c23-17(15-16-7-5-6-8-16)11-12-19-18(20-13-14-21(19)26-20)9-3-1-2-4-10-22(24)25/h1,3,11-12,16-21,23H,2,4-10,13-15H2,(H,24,25)/t17?,18-,19+,20-,21+/m0/s1. The molecule has 146 valence electrons. The monoisotopic (exact) mass is 378 g/mol.